The van der Waals surface area contributed by atoms with Gasteiger partial charge in [-0.1, -0.05) is 0 Å². The van der Waals surface area contributed by atoms with Crippen LogP contribution in [0, 0.1) is 0 Å². The van der Waals surface area contributed by atoms with Gasteiger partial charge >= 0.3 is 0 Å². The minimum atomic E-state index is -0.0995. The molecular weight excluding hydrogens is 128 g/mol. The van der Waals surface area contributed by atoms with Crippen molar-refractivity contribution >= 4 is 16.6 Å². The maximum atomic E-state index is 10.9. The van der Waals surface area contributed by atoms with Gasteiger partial charge in [0.05, 0.1) is 5.39 Å². The van der Waals surface area contributed by atoms with Crippen molar-refractivity contribution in [2.75, 3.05) is 5.73 Å². The first-order valence-electron chi connectivity index (χ1n) is 2.98. The van der Waals surface area contributed by atoms with Gasteiger partial charge in [0, 0.05) is 11.2 Å². The van der Waals surface area contributed by atoms with Crippen LogP contribution in [0.25, 0.3) is 10.9 Å². The fraction of sp³-hybridized carbons (Fsp3) is 0. The Morgan fingerprint density at radius 3 is 2.60 bits per heavy atom. The Morgan fingerprint density at radius 1 is 1.40 bits per heavy atom. The summed E-state index contributed by atoms with van der Waals surface area (Å²) in [6, 6.07) is 5.30. The number of fused-ring (bicyclic) bond motifs is 3. The molecule has 3 aromatic rings. The fourth-order valence-corrected chi connectivity index (χ4v) is 1.05. The van der Waals surface area contributed by atoms with E-state index in [1.165, 1.54) is 0 Å². The summed E-state index contributed by atoms with van der Waals surface area (Å²) in [6.45, 7) is 0. The molecule has 0 atom stereocenters. The lowest BCUT2D eigenvalue weighted by Gasteiger charge is -1.99. The summed E-state index contributed by atoms with van der Waals surface area (Å²) in [5.41, 5.74) is 6.73. The molecule has 2 bridgehead atoms. The monoisotopic (exact) mass is 134 g/mol. The van der Waals surface area contributed by atoms with Crippen molar-refractivity contribution in [1.29, 1.82) is 0 Å². The average Bonchev–Trinajstić information content (AvgIpc) is 1.86. The van der Waals surface area contributed by atoms with Crippen LogP contribution in [-0.4, -0.2) is 4.98 Å². The van der Waals surface area contributed by atoms with E-state index in [4.69, 9.17) is 5.73 Å². The summed E-state index contributed by atoms with van der Waals surface area (Å²) in [5.74, 6) is 0. The molecule has 0 aliphatic heterocycles. The Hall–Kier alpha value is -1.51. The van der Waals surface area contributed by atoms with E-state index in [0.29, 0.717) is 11.1 Å². The molecule has 1 aromatic carbocycles. The number of nitrogens with one attached hydrogen (secondary N) is 1. The number of hydrogen-bond acceptors (Lipinski definition) is 2. The molecule has 3 heteroatoms. The van der Waals surface area contributed by atoms with E-state index in [1.54, 1.807) is 12.1 Å². The number of nitrogen functional groups attached to an aromatic ring is 1. The fourth-order valence-electron chi connectivity index (χ4n) is 1.05. The average molecular weight is 134 g/mol. The van der Waals surface area contributed by atoms with Gasteiger partial charge in [0.2, 0.25) is 0 Å². The first-order valence-corrected chi connectivity index (χ1v) is 2.98. The number of benzene rings is 1. The van der Waals surface area contributed by atoms with Crippen molar-refractivity contribution in [2.45, 2.75) is 0 Å². The number of aromatic nitrogens is 1. The summed E-state index contributed by atoms with van der Waals surface area (Å²) >= 11 is 0. The molecule has 0 spiro atoms. The number of rotatable bonds is 0. The molecule has 0 saturated carbocycles. The van der Waals surface area contributed by atoms with E-state index in [1.807, 2.05) is 6.07 Å². The van der Waals surface area contributed by atoms with Gasteiger partial charge in [-0.15, -0.1) is 0 Å². The van der Waals surface area contributed by atoms with Crippen LogP contribution < -0.4 is 11.3 Å². The summed E-state index contributed by atoms with van der Waals surface area (Å²) in [6.07, 6.45) is 0. The number of pyridine rings is 2. The lowest BCUT2D eigenvalue weighted by Crippen LogP contribution is -2.09. The van der Waals surface area contributed by atoms with E-state index in [9.17, 15) is 4.79 Å². The van der Waals surface area contributed by atoms with Crippen LogP contribution in [0.5, 0.6) is 0 Å². The van der Waals surface area contributed by atoms with Crippen molar-refractivity contribution < 1.29 is 0 Å². The van der Waals surface area contributed by atoms with Crippen LogP contribution in [0.1, 0.15) is 0 Å². The van der Waals surface area contributed by atoms with Gasteiger partial charge in [0.1, 0.15) is 0 Å². The molecule has 0 fully saturated rings. The van der Waals surface area contributed by atoms with Gasteiger partial charge in [-0.05, 0) is 18.2 Å². The zero-order valence-electron chi connectivity index (χ0n) is 5.22. The van der Waals surface area contributed by atoms with Crippen LogP contribution in [0.4, 0.5) is 5.69 Å². The first kappa shape index (κ1) is 5.29. The Kier molecular flexibility index (Phi) is 0.795. The van der Waals surface area contributed by atoms with Gasteiger partial charge in [-0.3, -0.25) is 4.79 Å². The molecule has 3 nitrogen and oxygen atoms in total. The van der Waals surface area contributed by atoms with Crippen LogP contribution >= 0.6 is 0 Å². The highest BCUT2D eigenvalue weighted by Gasteiger charge is 2.00. The minimum absolute atomic E-state index is 0.0995. The molecule has 0 aliphatic rings. The second-order valence-corrected chi connectivity index (χ2v) is 2.26. The molecule has 2 aromatic heterocycles. The maximum Gasteiger partial charge on any atom is 0.257 e. The Bertz CT molecular complexity index is 404. The van der Waals surface area contributed by atoms with Gasteiger partial charge in [-0.25, -0.2) is 0 Å². The van der Waals surface area contributed by atoms with Crippen molar-refractivity contribution in [2.24, 2.45) is 0 Å². The number of anilines is 1. The normalized spacial score (nSPS) is 10.8. The summed E-state index contributed by atoms with van der Waals surface area (Å²) in [7, 11) is 0. The summed E-state index contributed by atoms with van der Waals surface area (Å²) in [4.78, 5) is 13.6. The second-order valence-electron chi connectivity index (χ2n) is 2.26. The van der Waals surface area contributed by atoms with Crippen LogP contribution in [0.2, 0.25) is 0 Å². The third kappa shape index (κ3) is 0.515. The Morgan fingerprint density at radius 2 is 2.20 bits per heavy atom. The van der Waals surface area contributed by atoms with Crippen LogP contribution in [-0.2, 0) is 0 Å². The highest BCUT2D eigenvalue weighted by Crippen LogP contribution is 2.12. The number of H-pyrrole nitrogens is 1. The van der Waals surface area contributed by atoms with Gasteiger partial charge in [-0.2, -0.15) is 0 Å². The topological polar surface area (TPSA) is 58.9 Å². The van der Waals surface area contributed by atoms with E-state index in [2.05, 4.69) is 4.98 Å². The Labute approximate surface area is 56.8 Å². The van der Waals surface area contributed by atoms with Gasteiger partial charge < -0.3 is 10.7 Å². The molecule has 0 radical (unpaired) electrons. The summed E-state index contributed by atoms with van der Waals surface area (Å²) in [5, 5.41) is 0.565. The lowest BCUT2D eigenvalue weighted by atomic mass is 10.2. The Balaban J connectivity index is 3.11. The molecule has 0 saturated heterocycles. The van der Waals surface area contributed by atoms with Crippen LogP contribution in [0.3, 0.4) is 0 Å². The SMILES string of the molecule is Nc1cc2ccc1c(=O)[nH]2. The maximum absolute atomic E-state index is 10.9. The largest absolute Gasteiger partial charge is 0.398 e. The lowest BCUT2D eigenvalue weighted by molar-refractivity contribution is 1.31. The standard InChI is InChI=1S/C7H6N2O/c8-6-3-4-1-2-5(6)7(10)9-4/h1-3H,(H3,8,9,10). The van der Waals surface area contributed by atoms with E-state index in [0.717, 1.165) is 5.52 Å². The van der Waals surface area contributed by atoms with Crippen LogP contribution in [0.15, 0.2) is 23.0 Å². The number of aromatic amines is 1. The predicted octanol–water partition coefficient (Wildman–Crippen LogP) is 0.548. The van der Waals surface area contributed by atoms with E-state index < -0.39 is 0 Å². The highest BCUT2D eigenvalue weighted by molar-refractivity contribution is 5.79. The summed E-state index contributed by atoms with van der Waals surface area (Å²) < 4.78 is 0. The smallest absolute Gasteiger partial charge is 0.257 e. The zero-order chi connectivity index (χ0) is 7.14. The molecule has 3 N–H and O–H groups in total. The molecule has 10 heavy (non-hydrogen) atoms. The highest BCUT2D eigenvalue weighted by atomic mass is 16.1. The third-order valence-electron chi connectivity index (χ3n) is 1.55. The quantitative estimate of drug-likeness (QED) is 0.517. The molecule has 0 amide bonds. The van der Waals surface area contributed by atoms with Crippen molar-refractivity contribution in [3.63, 3.8) is 0 Å². The molecular formula is C7H6N2O. The van der Waals surface area contributed by atoms with Crippen molar-refractivity contribution in [3.8, 4) is 0 Å². The van der Waals surface area contributed by atoms with Gasteiger partial charge in [0.15, 0.2) is 0 Å². The third-order valence-corrected chi connectivity index (χ3v) is 1.55. The molecule has 0 aliphatic carbocycles. The molecule has 2 heterocycles. The number of nitrogens with two attached hydrogens (primary N) is 1. The number of hydrogen-bond donors (Lipinski definition) is 2. The first-order chi connectivity index (χ1) is 4.77. The molecule has 0 unspecified atom stereocenters. The molecule has 50 valence electrons. The van der Waals surface area contributed by atoms with Crippen molar-refractivity contribution in [3.05, 3.63) is 28.6 Å². The minimum Gasteiger partial charge on any atom is -0.398 e. The van der Waals surface area contributed by atoms with Crippen molar-refractivity contribution in [1.82, 2.24) is 4.98 Å². The molecule has 3 rings (SSSR count). The predicted molar refractivity (Wildman–Crippen MR) is 40.2 cm³/mol. The van der Waals surface area contributed by atoms with E-state index >= 15 is 0 Å². The zero-order valence-corrected chi connectivity index (χ0v) is 5.22. The van der Waals surface area contributed by atoms with E-state index in [-0.39, 0.29) is 5.56 Å². The second kappa shape index (κ2) is 1.50. The van der Waals surface area contributed by atoms with Gasteiger partial charge in [0.25, 0.3) is 5.56 Å².